The molecule has 0 aliphatic carbocycles. The Kier molecular flexibility index (Phi) is 4.64. The zero-order chi connectivity index (χ0) is 18.1. The molecule has 0 N–H and O–H groups in total. The number of aryl methyl sites for hydroxylation is 1. The third-order valence-electron chi connectivity index (χ3n) is 4.94. The zero-order valence-electron chi connectivity index (χ0n) is 14.6. The van der Waals surface area contributed by atoms with E-state index in [1.54, 1.807) is 0 Å². The molecule has 3 aromatic rings. The van der Waals surface area contributed by atoms with Crippen molar-refractivity contribution in [1.82, 2.24) is 14.7 Å². The number of nitrogens with zero attached hydrogens (tertiary/aromatic N) is 3. The highest BCUT2D eigenvalue weighted by molar-refractivity contribution is 9.10. The van der Waals surface area contributed by atoms with Gasteiger partial charge in [0.05, 0.1) is 12.6 Å². The molecule has 1 aromatic heterocycles. The summed E-state index contributed by atoms with van der Waals surface area (Å²) in [6.07, 6.45) is 4.38. The minimum absolute atomic E-state index is 0.163. The van der Waals surface area contributed by atoms with Crippen LogP contribution in [-0.4, -0.2) is 27.1 Å². The maximum Gasteiger partial charge on any atom is 0.227 e. The van der Waals surface area contributed by atoms with E-state index in [-0.39, 0.29) is 11.8 Å². The molecule has 0 saturated heterocycles. The van der Waals surface area contributed by atoms with Crippen molar-refractivity contribution in [2.75, 3.05) is 6.54 Å². The number of fused-ring (bicyclic) bond motifs is 1. The lowest BCUT2D eigenvalue weighted by atomic mass is 9.86. The fraction of sp³-hybridized carbons (Fsp3) is 0.238. The van der Waals surface area contributed by atoms with E-state index in [9.17, 15) is 4.79 Å². The van der Waals surface area contributed by atoms with Gasteiger partial charge in [0.25, 0.3) is 0 Å². The van der Waals surface area contributed by atoms with Crippen LogP contribution in [0.4, 0.5) is 0 Å². The van der Waals surface area contributed by atoms with Crippen molar-refractivity contribution in [3.05, 3.63) is 87.7 Å². The number of benzene rings is 2. The Morgan fingerprint density at radius 2 is 1.96 bits per heavy atom. The molecule has 132 valence electrons. The predicted octanol–water partition coefficient (Wildman–Crippen LogP) is 3.90. The fourth-order valence-electron chi connectivity index (χ4n) is 3.59. The van der Waals surface area contributed by atoms with Gasteiger partial charge in [-0.15, -0.1) is 0 Å². The Bertz CT molecular complexity index is 932. The summed E-state index contributed by atoms with van der Waals surface area (Å²) >= 11 is 3.44. The minimum Gasteiger partial charge on any atom is -0.337 e. The molecule has 0 radical (unpaired) electrons. The van der Waals surface area contributed by atoms with Crippen LogP contribution in [0.5, 0.6) is 0 Å². The highest BCUT2D eigenvalue weighted by Gasteiger charge is 2.29. The lowest BCUT2D eigenvalue weighted by Gasteiger charge is -2.34. The SMILES string of the molecule is Cn1cc([C@@H]2CN(C(=O)Cc3ccc(Br)cc3)Cc3ccccc32)cn1. The number of aromatic nitrogens is 2. The number of rotatable bonds is 3. The second kappa shape index (κ2) is 7.08. The van der Waals surface area contributed by atoms with Crippen molar-refractivity contribution in [2.45, 2.75) is 18.9 Å². The fourth-order valence-corrected chi connectivity index (χ4v) is 3.86. The summed E-state index contributed by atoms with van der Waals surface area (Å²) in [5.74, 6) is 0.332. The largest absolute Gasteiger partial charge is 0.337 e. The Labute approximate surface area is 161 Å². The first-order valence-electron chi connectivity index (χ1n) is 8.69. The third kappa shape index (κ3) is 3.44. The summed E-state index contributed by atoms with van der Waals surface area (Å²) in [5, 5.41) is 4.32. The minimum atomic E-state index is 0.163. The van der Waals surface area contributed by atoms with E-state index in [0.29, 0.717) is 19.5 Å². The van der Waals surface area contributed by atoms with Gasteiger partial charge < -0.3 is 4.90 Å². The van der Waals surface area contributed by atoms with E-state index in [4.69, 9.17) is 0 Å². The number of amides is 1. The maximum atomic E-state index is 12.9. The van der Waals surface area contributed by atoms with E-state index >= 15 is 0 Å². The predicted molar refractivity (Wildman–Crippen MR) is 105 cm³/mol. The van der Waals surface area contributed by atoms with Gasteiger partial charge in [-0.1, -0.05) is 52.3 Å². The third-order valence-corrected chi connectivity index (χ3v) is 5.47. The van der Waals surface area contributed by atoms with Crippen molar-refractivity contribution in [3.8, 4) is 0 Å². The molecule has 0 spiro atoms. The van der Waals surface area contributed by atoms with Gasteiger partial charge in [0, 0.05) is 36.7 Å². The van der Waals surface area contributed by atoms with Crippen LogP contribution in [-0.2, 0) is 24.8 Å². The van der Waals surface area contributed by atoms with Crippen LogP contribution < -0.4 is 0 Å². The van der Waals surface area contributed by atoms with Gasteiger partial charge >= 0.3 is 0 Å². The van der Waals surface area contributed by atoms with E-state index in [1.807, 2.05) is 59.4 Å². The molecule has 2 aromatic carbocycles. The molecular formula is C21H20BrN3O. The highest BCUT2D eigenvalue weighted by Crippen LogP contribution is 2.33. The normalized spacial score (nSPS) is 16.4. The van der Waals surface area contributed by atoms with Gasteiger partial charge in [0.2, 0.25) is 5.91 Å². The van der Waals surface area contributed by atoms with Crippen LogP contribution in [0.1, 0.15) is 28.2 Å². The summed E-state index contributed by atoms with van der Waals surface area (Å²) in [4.78, 5) is 14.9. The average molecular weight is 410 g/mol. The molecule has 0 bridgehead atoms. The molecular weight excluding hydrogens is 390 g/mol. The Morgan fingerprint density at radius 3 is 2.69 bits per heavy atom. The Balaban J connectivity index is 1.60. The van der Waals surface area contributed by atoms with Crippen LogP contribution in [0, 0.1) is 0 Å². The molecule has 1 aliphatic rings. The van der Waals surface area contributed by atoms with E-state index in [1.165, 1.54) is 11.1 Å². The monoisotopic (exact) mass is 409 g/mol. The lowest BCUT2D eigenvalue weighted by Crippen LogP contribution is -2.39. The van der Waals surface area contributed by atoms with Crippen molar-refractivity contribution in [2.24, 2.45) is 7.05 Å². The first kappa shape index (κ1) is 17.0. The number of hydrogen-bond acceptors (Lipinski definition) is 2. The first-order valence-corrected chi connectivity index (χ1v) is 9.48. The molecule has 26 heavy (non-hydrogen) atoms. The van der Waals surface area contributed by atoms with Crippen LogP contribution in [0.15, 0.2) is 65.4 Å². The van der Waals surface area contributed by atoms with E-state index in [0.717, 1.165) is 15.6 Å². The molecule has 1 aliphatic heterocycles. The van der Waals surface area contributed by atoms with Crippen molar-refractivity contribution < 1.29 is 4.79 Å². The molecule has 1 amide bonds. The van der Waals surface area contributed by atoms with Gasteiger partial charge in [-0.05, 0) is 34.4 Å². The van der Waals surface area contributed by atoms with E-state index < -0.39 is 0 Å². The number of halogens is 1. The van der Waals surface area contributed by atoms with Crippen molar-refractivity contribution in [3.63, 3.8) is 0 Å². The van der Waals surface area contributed by atoms with Gasteiger partial charge in [-0.3, -0.25) is 9.48 Å². The standard InChI is InChI=1S/C21H20BrN3O/c1-24-12-17(11-23-24)20-14-25(13-16-4-2-3-5-19(16)20)21(26)10-15-6-8-18(22)9-7-15/h2-9,11-12,20H,10,13-14H2,1H3/t20-/m0/s1. The number of carbonyl (C=O) groups is 1. The second-order valence-electron chi connectivity index (χ2n) is 6.78. The van der Waals surface area contributed by atoms with Crippen LogP contribution >= 0.6 is 15.9 Å². The lowest BCUT2D eigenvalue weighted by molar-refractivity contribution is -0.131. The second-order valence-corrected chi connectivity index (χ2v) is 7.69. The molecule has 4 nitrogen and oxygen atoms in total. The van der Waals surface area contributed by atoms with Gasteiger partial charge in [-0.2, -0.15) is 5.10 Å². The Morgan fingerprint density at radius 1 is 1.19 bits per heavy atom. The molecule has 5 heteroatoms. The summed E-state index contributed by atoms with van der Waals surface area (Å²) in [6, 6.07) is 16.4. The van der Waals surface area contributed by atoms with Gasteiger partial charge in [0.15, 0.2) is 0 Å². The van der Waals surface area contributed by atoms with Crippen molar-refractivity contribution in [1.29, 1.82) is 0 Å². The summed E-state index contributed by atoms with van der Waals surface area (Å²) in [7, 11) is 1.93. The molecule has 0 saturated carbocycles. The molecule has 0 fully saturated rings. The maximum absolute atomic E-state index is 12.9. The number of hydrogen-bond donors (Lipinski definition) is 0. The Hall–Kier alpha value is -2.40. The summed E-state index contributed by atoms with van der Waals surface area (Å²) in [6.45, 7) is 1.36. The zero-order valence-corrected chi connectivity index (χ0v) is 16.2. The van der Waals surface area contributed by atoms with Gasteiger partial charge in [-0.25, -0.2) is 0 Å². The smallest absolute Gasteiger partial charge is 0.227 e. The first-order chi connectivity index (χ1) is 12.6. The van der Waals surface area contributed by atoms with Crippen LogP contribution in [0.2, 0.25) is 0 Å². The molecule has 4 rings (SSSR count). The quantitative estimate of drug-likeness (QED) is 0.657. The molecule has 2 heterocycles. The summed E-state index contributed by atoms with van der Waals surface area (Å²) in [5.41, 5.74) is 4.71. The average Bonchev–Trinajstić information content (AvgIpc) is 3.09. The highest BCUT2D eigenvalue weighted by atomic mass is 79.9. The number of carbonyl (C=O) groups excluding carboxylic acids is 1. The molecule has 0 unspecified atom stereocenters. The van der Waals surface area contributed by atoms with Crippen LogP contribution in [0.3, 0.4) is 0 Å². The molecule has 1 atom stereocenters. The van der Waals surface area contributed by atoms with Crippen molar-refractivity contribution >= 4 is 21.8 Å². The van der Waals surface area contributed by atoms with E-state index in [2.05, 4.69) is 39.2 Å². The topological polar surface area (TPSA) is 38.1 Å². The van der Waals surface area contributed by atoms with Gasteiger partial charge in [0.1, 0.15) is 0 Å². The summed E-state index contributed by atoms with van der Waals surface area (Å²) < 4.78 is 2.85. The van der Waals surface area contributed by atoms with Crippen LogP contribution in [0.25, 0.3) is 0 Å².